The first-order chi connectivity index (χ1) is 11.7. The number of hydrogen-bond acceptors (Lipinski definition) is 1. The highest BCUT2D eigenvalue weighted by atomic mass is 16.1. The third-order valence-corrected chi connectivity index (χ3v) is 6.02. The van der Waals surface area contributed by atoms with Gasteiger partial charge in [0.1, 0.15) is 0 Å². The first kappa shape index (κ1) is 15.4. The van der Waals surface area contributed by atoms with Gasteiger partial charge in [-0.3, -0.25) is 4.79 Å². The summed E-state index contributed by atoms with van der Waals surface area (Å²) in [5.41, 5.74) is 5.92. The lowest BCUT2D eigenvalue weighted by Gasteiger charge is -2.45. The molecule has 0 saturated heterocycles. The van der Waals surface area contributed by atoms with Crippen LogP contribution in [-0.4, -0.2) is 12.5 Å². The number of benzene rings is 2. The minimum atomic E-state index is 0.102. The van der Waals surface area contributed by atoms with Crippen molar-refractivity contribution in [2.24, 2.45) is 11.8 Å². The summed E-state index contributed by atoms with van der Waals surface area (Å²) in [6.07, 6.45) is 2.04. The molecule has 5 rings (SSSR count). The molecule has 0 fully saturated rings. The van der Waals surface area contributed by atoms with Gasteiger partial charge in [-0.15, -0.1) is 0 Å². The minimum absolute atomic E-state index is 0.102. The lowest BCUT2D eigenvalue weighted by molar-refractivity contribution is -0.124. The van der Waals surface area contributed by atoms with E-state index < -0.39 is 0 Å². The van der Waals surface area contributed by atoms with Crippen LogP contribution in [0, 0.1) is 11.8 Å². The van der Waals surface area contributed by atoms with Gasteiger partial charge >= 0.3 is 0 Å². The Hall–Kier alpha value is -2.09. The van der Waals surface area contributed by atoms with Gasteiger partial charge in [-0.05, 0) is 41.0 Å². The van der Waals surface area contributed by atoms with E-state index >= 15 is 0 Å². The van der Waals surface area contributed by atoms with E-state index in [4.69, 9.17) is 0 Å². The number of carbonyl (C=O) groups is 1. The zero-order valence-electron chi connectivity index (χ0n) is 14.5. The predicted octanol–water partition coefficient (Wildman–Crippen LogP) is 4.45. The molecule has 2 bridgehead atoms. The lowest BCUT2D eigenvalue weighted by atomic mass is 9.59. The van der Waals surface area contributed by atoms with Crippen LogP contribution in [0.5, 0.6) is 0 Å². The van der Waals surface area contributed by atoms with Gasteiger partial charge in [-0.2, -0.15) is 0 Å². The van der Waals surface area contributed by atoms with Crippen LogP contribution in [-0.2, 0) is 4.79 Å². The number of carbonyl (C=O) groups excluding carboxylic acids is 1. The van der Waals surface area contributed by atoms with Gasteiger partial charge in [0, 0.05) is 24.3 Å². The van der Waals surface area contributed by atoms with E-state index in [0.29, 0.717) is 17.8 Å². The molecule has 0 spiro atoms. The highest BCUT2D eigenvalue weighted by molar-refractivity contribution is 5.78. The molecule has 2 aromatic rings. The fraction of sp³-hybridized carbons (Fsp3) is 0.409. The molecule has 3 aliphatic carbocycles. The molecule has 0 radical (unpaired) electrons. The third kappa shape index (κ3) is 2.36. The Labute approximate surface area is 144 Å². The number of hydrogen-bond donors (Lipinski definition) is 1. The van der Waals surface area contributed by atoms with Crippen molar-refractivity contribution in [3.05, 3.63) is 70.8 Å². The molecular formula is C22H25NO. The Kier molecular flexibility index (Phi) is 3.91. The van der Waals surface area contributed by atoms with E-state index in [1.807, 2.05) is 6.92 Å². The summed E-state index contributed by atoms with van der Waals surface area (Å²) in [6, 6.07) is 17.8. The van der Waals surface area contributed by atoms with Gasteiger partial charge in [0.25, 0.3) is 0 Å². The topological polar surface area (TPSA) is 29.1 Å². The Morgan fingerprint density at radius 1 is 1.04 bits per heavy atom. The van der Waals surface area contributed by atoms with Crippen LogP contribution < -0.4 is 5.32 Å². The van der Waals surface area contributed by atoms with Crippen molar-refractivity contribution < 1.29 is 4.79 Å². The fourth-order valence-electron chi connectivity index (χ4n) is 4.55. The van der Waals surface area contributed by atoms with E-state index in [0.717, 1.165) is 19.4 Å². The van der Waals surface area contributed by atoms with E-state index in [2.05, 4.69) is 60.8 Å². The molecule has 3 aliphatic rings. The fourth-order valence-corrected chi connectivity index (χ4v) is 4.55. The van der Waals surface area contributed by atoms with Crippen LogP contribution in [0.3, 0.4) is 0 Å². The molecule has 2 aromatic carbocycles. The van der Waals surface area contributed by atoms with Crippen molar-refractivity contribution >= 4 is 5.91 Å². The van der Waals surface area contributed by atoms with Gasteiger partial charge in [-0.25, -0.2) is 0 Å². The summed E-state index contributed by atoms with van der Waals surface area (Å²) in [7, 11) is 0. The number of rotatable bonds is 4. The summed E-state index contributed by atoms with van der Waals surface area (Å²) in [4.78, 5) is 12.2. The Morgan fingerprint density at radius 2 is 1.58 bits per heavy atom. The van der Waals surface area contributed by atoms with Crippen molar-refractivity contribution in [2.75, 3.05) is 6.54 Å². The van der Waals surface area contributed by atoms with Gasteiger partial charge in [-0.1, -0.05) is 62.4 Å². The van der Waals surface area contributed by atoms with Crippen LogP contribution in [0.15, 0.2) is 48.5 Å². The maximum Gasteiger partial charge on any atom is 0.222 e. The van der Waals surface area contributed by atoms with Gasteiger partial charge < -0.3 is 5.32 Å². The normalized spacial score (nSPS) is 24.8. The zero-order valence-corrected chi connectivity index (χ0v) is 14.5. The Balaban J connectivity index is 1.65. The lowest BCUT2D eigenvalue weighted by Crippen LogP contribution is -2.40. The smallest absolute Gasteiger partial charge is 0.222 e. The summed E-state index contributed by atoms with van der Waals surface area (Å²) in [6.45, 7) is 4.86. The molecule has 24 heavy (non-hydrogen) atoms. The molecule has 124 valence electrons. The van der Waals surface area contributed by atoms with Gasteiger partial charge in [0.2, 0.25) is 5.91 Å². The number of amides is 1. The molecule has 2 nitrogen and oxygen atoms in total. The second-order valence-electron chi connectivity index (χ2n) is 7.34. The van der Waals surface area contributed by atoms with Crippen molar-refractivity contribution in [1.82, 2.24) is 5.32 Å². The molecule has 1 N–H and O–H groups in total. The van der Waals surface area contributed by atoms with Crippen LogP contribution in [0.2, 0.25) is 0 Å². The summed E-state index contributed by atoms with van der Waals surface area (Å²) in [5.74, 6) is 1.69. The maximum atomic E-state index is 12.2. The van der Waals surface area contributed by atoms with Crippen LogP contribution >= 0.6 is 0 Å². The van der Waals surface area contributed by atoms with Crippen LogP contribution in [0.4, 0.5) is 0 Å². The molecule has 0 aromatic heterocycles. The highest BCUT2D eigenvalue weighted by Gasteiger charge is 2.42. The summed E-state index contributed by atoms with van der Waals surface area (Å²) in [5, 5.41) is 3.21. The monoisotopic (exact) mass is 319 g/mol. The van der Waals surface area contributed by atoms with E-state index in [9.17, 15) is 4.79 Å². The number of nitrogens with one attached hydrogen (secondary N) is 1. The SMILES string of the molecule is CC[C@H](C)C(=O)NC[C@@H]1CC2c3ccccc3C1c1ccccc12. The average Bonchev–Trinajstić information content (AvgIpc) is 2.65. The quantitative estimate of drug-likeness (QED) is 0.886. The zero-order chi connectivity index (χ0) is 16.7. The molecule has 1 amide bonds. The first-order valence-corrected chi connectivity index (χ1v) is 9.16. The molecule has 2 heteroatoms. The maximum absolute atomic E-state index is 12.2. The van der Waals surface area contributed by atoms with Crippen LogP contribution in [0.25, 0.3) is 0 Å². The van der Waals surface area contributed by atoms with Gasteiger partial charge in [0.05, 0.1) is 0 Å². The Morgan fingerprint density at radius 3 is 2.12 bits per heavy atom. The largest absolute Gasteiger partial charge is 0.356 e. The second-order valence-corrected chi connectivity index (χ2v) is 7.34. The molecule has 2 atom stereocenters. The average molecular weight is 319 g/mol. The summed E-state index contributed by atoms with van der Waals surface area (Å²) < 4.78 is 0. The van der Waals surface area contributed by atoms with E-state index in [-0.39, 0.29) is 11.8 Å². The van der Waals surface area contributed by atoms with Crippen molar-refractivity contribution in [3.63, 3.8) is 0 Å². The van der Waals surface area contributed by atoms with Crippen LogP contribution in [0.1, 0.15) is 60.8 Å². The molecule has 0 saturated carbocycles. The highest BCUT2D eigenvalue weighted by Crippen LogP contribution is 2.55. The van der Waals surface area contributed by atoms with E-state index in [1.165, 1.54) is 22.3 Å². The van der Waals surface area contributed by atoms with Crippen molar-refractivity contribution in [2.45, 2.75) is 38.5 Å². The third-order valence-electron chi connectivity index (χ3n) is 6.02. The predicted molar refractivity (Wildman–Crippen MR) is 97.1 cm³/mol. The number of fused-ring (bicyclic) bond motifs is 1. The van der Waals surface area contributed by atoms with Crippen molar-refractivity contribution in [1.29, 1.82) is 0 Å². The first-order valence-electron chi connectivity index (χ1n) is 9.16. The molecule has 0 aliphatic heterocycles. The Bertz CT molecular complexity index is 719. The van der Waals surface area contributed by atoms with E-state index in [1.54, 1.807) is 0 Å². The summed E-state index contributed by atoms with van der Waals surface area (Å²) >= 11 is 0. The molecular weight excluding hydrogens is 294 g/mol. The molecule has 0 heterocycles. The second kappa shape index (κ2) is 6.08. The standard InChI is InChI=1S/C22H25NO/c1-3-14(2)22(24)23-13-15-12-20-16-8-4-6-10-18(16)21(15)19-11-7-5-9-17(19)20/h4-11,14-15,20-21H,3,12-13H2,1-2H3,(H,23,24)/t14-,15-,20?,21?/m0/s1. The molecule has 0 unspecified atom stereocenters. The minimum Gasteiger partial charge on any atom is -0.356 e. The van der Waals surface area contributed by atoms with Crippen molar-refractivity contribution in [3.8, 4) is 0 Å². The van der Waals surface area contributed by atoms with Gasteiger partial charge in [0.15, 0.2) is 0 Å².